The summed E-state index contributed by atoms with van der Waals surface area (Å²) in [4.78, 5) is 16.7. The van der Waals surface area contributed by atoms with Gasteiger partial charge < -0.3 is 20.2 Å². The summed E-state index contributed by atoms with van der Waals surface area (Å²) in [6, 6.07) is 27.3. The average Bonchev–Trinajstić information content (AvgIpc) is 2.83. The van der Waals surface area contributed by atoms with Crippen molar-refractivity contribution in [1.82, 2.24) is 5.32 Å². The molecule has 0 unspecified atom stereocenters. The maximum absolute atomic E-state index is 13.2. The van der Waals surface area contributed by atoms with Gasteiger partial charge in [-0.2, -0.15) is 0 Å². The first-order chi connectivity index (χ1) is 15.1. The van der Waals surface area contributed by atoms with Crippen LogP contribution >= 0.6 is 0 Å². The highest BCUT2D eigenvalue weighted by Gasteiger charge is 2.31. The number of piperazine rings is 1. The van der Waals surface area contributed by atoms with Crippen molar-refractivity contribution in [3.63, 3.8) is 0 Å². The highest BCUT2D eigenvalue weighted by atomic mass is 16.3. The number of benzene rings is 3. The number of aromatic hydroxyl groups is 1. The van der Waals surface area contributed by atoms with Crippen molar-refractivity contribution < 1.29 is 14.8 Å². The van der Waals surface area contributed by atoms with Gasteiger partial charge in [0, 0.05) is 0 Å². The average molecular weight is 417 g/mol. The number of carbonyl (C=O) groups excluding carboxylic acids is 1. The molecule has 0 aliphatic carbocycles. The van der Waals surface area contributed by atoms with E-state index in [-0.39, 0.29) is 18.0 Å². The summed E-state index contributed by atoms with van der Waals surface area (Å²) in [6.07, 6.45) is 0. The summed E-state index contributed by atoms with van der Waals surface area (Å²) < 4.78 is 0. The maximum Gasteiger partial charge on any atom is 0.278 e. The van der Waals surface area contributed by atoms with Crippen molar-refractivity contribution in [2.24, 2.45) is 0 Å². The second kappa shape index (κ2) is 9.67. The van der Waals surface area contributed by atoms with Crippen LogP contribution < -0.4 is 15.1 Å². The summed E-state index contributed by atoms with van der Waals surface area (Å²) in [5.74, 6) is 0.369. The smallest absolute Gasteiger partial charge is 0.278 e. The Morgan fingerprint density at radius 1 is 0.871 bits per heavy atom. The van der Waals surface area contributed by atoms with Crippen LogP contribution in [0.5, 0.6) is 5.75 Å². The molecule has 1 aliphatic heterocycles. The van der Waals surface area contributed by atoms with E-state index in [0.717, 1.165) is 43.0 Å². The summed E-state index contributed by atoms with van der Waals surface area (Å²) in [6.45, 7) is 5.33. The number of hydrogen-bond donors (Lipinski definition) is 3. The minimum atomic E-state index is -0.167. The van der Waals surface area contributed by atoms with Gasteiger partial charge in [-0.15, -0.1) is 0 Å². The quantitative estimate of drug-likeness (QED) is 0.578. The first kappa shape index (κ1) is 20.9. The topological polar surface area (TPSA) is 57.0 Å². The van der Waals surface area contributed by atoms with Crippen molar-refractivity contribution >= 4 is 11.6 Å². The third-order valence-corrected chi connectivity index (χ3v) is 6.19. The normalized spacial score (nSPS) is 15.6. The predicted molar refractivity (Wildman–Crippen MR) is 123 cm³/mol. The van der Waals surface area contributed by atoms with Gasteiger partial charge in [0.2, 0.25) is 0 Å². The molecule has 160 valence electrons. The van der Waals surface area contributed by atoms with Gasteiger partial charge in [0.1, 0.15) is 5.75 Å². The molecule has 1 amide bonds. The zero-order valence-corrected chi connectivity index (χ0v) is 17.9. The number of carbonyl (C=O) groups is 1. The minimum absolute atomic E-state index is 0.0590. The number of phenolic OH excluding ortho intramolecular Hbond substituents is 1. The highest BCUT2D eigenvalue weighted by molar-refractivity contribution is 5.81. The van der Waals surface area contributed by atoms with Gasteiger partial charge in [-0.05, 0) is 30.2 Å². The molecular formula is C26H30N3O2+. The molecule has 4 rings (SSSR count). The van der Waals surface area contributed by atoms with Crippen molar-refractivity contribution in [1.29, 1.82) is 0 Å². The molecule has 3 aromatic carbocycles. The number of para-hydroxylation sites is 2. The second-order valence-corrected chi connectivity index (χ2v) is 8.12. The predicted octanol–water partition coefficient (Wildman–Crippen LogP) is 2.39. The lowest BCUT2D eigenvalue weighted by Crippen LogP contribution is -3.19. The lowest BCUT2D eigenvalue weighted by molar-refractivity contribution is -0.914. The number of amides is 1. The van der Waals surface area contributed by atoms with E-state index < -0.39 is 0 Å². The SMILES string of the molecule is C[C@@H](C(=O)NC(c1ccccc1)c1ccccc1)[NH+]1CCN(c2ccccc2O)CC1. The van der Waals surface area contributed by atoms with E-state index in [2.05, 4.69) is 34.5 Å². The molecule has 31 heavy (non-hydrogen) atoms. The van der Waals surface area contributed by atoms with E-state index in [4.69, 9.17) is 0 Å². The number of anilines is 1. The van der Waals surface area contributed by atoms with Crippen LogP contribution in [0.25, 0.3) is 0 Å². The van der Waals surface area contributed by atoms with Crippen LogP contribution in [0.1, 0.15) is 24.1 Å². The summed E-state index contributed by atoms with van der Waals surface area (Å²) in [5.41, 5.74) is 3.02. The number of nitrogens with one attached hydrogen (secondary N) is 2. The fraction of sp³-hybridized carbons (Fsp3) is 0.269. The number of nitrogens with zero attached hydrogens (tertiary/aromatic N) is 1. The van der Waals surface area contributed by atoms with Gasteiger partial charge in [0.25, 0.3) is 5.91 Å². The van der Waals surface area contributed by atoms with Gasteiger partial charge >= 0.3 is 0 Å². The second-order valence-electron chi connectivity index (χ2n) is 8.12. The molecule has 0 saturated carbocycles. The summed E-state index contributed by atoms with van der Waals surface area (Å²) in [5, 5.41) is 13.4. The standard InChI is InChI=1S/C26H29N3O2/c1-20(28-16-18-29(19-17-28)23-14-8-9-15-24(23)30)26(31)27-25(21-10-4-2-5-11-21)22-12-6-3-7-13-22/h2-15,20,25,30H,16-19H2,1H3,(H,27,31)/p+1/t20-/m0/s1. The molecule has 1 heterocycles. The number of hydrogen-bond acceptors (Lipinski definition) is 3. The van der Waals surface area contributed by atoms with Gasteiger partial charge in [-0.3, -0.25) is 4.79 Å². The van der Waals surface area contributed by atoms with E-state index in [9.17, 15) is 9.90 Å². The largest absolute Gasteiger partial charge is 0.506 e. The van der Waals surface area contributed by atoms with Crippen LogP contribution in [0.2, 0.25) is 0 Å². The number of phenols is 1. The van der Waals surface area contributed by atoms with Crippen LogP contribution in [0.4, 0.5) is 5.69 Å². The first-order valence-electron chi connectivity index (χ1n) is 10.9. The maximum atomic E-state index is 13.2. The third-order valence-electron chi connectivity index (χ3n) is 6.19. The Morgan fingerprint density at radius 3 is 1.94 bits per heavy atom. The molecule has 3 N–H and O–H groups in total. The van der Waals surface area contributed by atoms with Crippen LogP contribution in [0, 0.1) is 0 Å². The fourth-order valence-corrected chi connectivity index (χ4v) is 4.30. The van der Waals surface area contributed by atoms with Crippen LogP contribution in [-0.2, 0) is 4.79 Å². The molecule has 0 radical (unpaired) electrons. The Labute approximate surface area is 183 Å². The Balaban J connectivity index is 1.42. The summed E-state index contributed by atoms with van der Waals surface area (Å²) >= 11 is 0. The number of quaternary nitrogens is 1. The molecule has 0 aromatic heterocycles. The Bertz CT molecular complexity index is 946. The van der Waals surface area contributed by atoms with Gasteiger partial charge in [0.15, 0.2) is 6.04 Å². The van der Waals surface area contributed by atoms with E-state index in [1.54, 1.807) is 6.07 Å². The zero-order chi connectivity index (χ0) is 21.6. The molecule has 3 aromatic rings. The number of rotatable bonds is 6. The zero-order valence-electron chi connectivity index (χ0n) is 17.9. The van der Waals surface area contributed by atoms with Crippen molar-refractivity contribution in [2.45, 2.75) is 19.0 Å². The molecular weight excluding hydrogens is 386 g/mol. The summed E-state index contributed by atoms with van der Waals surface area (Å²) in [7, 11) is 0. The first-order valence-corrected chi connectivity index (χ1v) is 10.9. The minimum Gasteiger partial charge on any atom is -0.506 e. The van der Waals surface area contributed by atoms with Crippen molar-refractivity contribution in [3.8, 4) is 5.75 Å². The molecule has 1 aliphatic rings. The van der Waals surface area contributed by atoms with Crippen LogP contribution in [0.3, 0.4) is 0 Å². The van der Waals surface area contributed by atoms with Crippen molar-refractivity contribution in [2.75, 3.05) is 31.1 Å². The Hall–Kier alpha value is -3.31. The van der Waals surface area contributed by atoms with Crippen molar-refractivity contribution in [3.05, 3.63) is 96.1 Å². The molecule has 1 saturated heterocycles. The molecule has 0 bridgehead atoms. The van der Waals surface area contributed by atoms with E-state index in [0.29, 0.717) is 5.75 Å². The molecule has 5 heteroatoms. The fourth-order valence-electron chi connectivity index (χ4n) is 4.30. The van der Waals surface area contributed by atoms with Crippen LogP contribution in [0.15, 0.2) is 84.9 Å². The lowest BCUT2D eigenvalue weighted by atomic mass is 9.98. The van der Waals surface area contributed by atoms with Crippen LogP contribution in [-0.4, -0.2) is 43.2 Å². The monoisotopic (exact) mass is 416 g/mol. The Kier molecular flexibility index (Phi) is 6.53. The molecule has 1 atom stereocenters. The van der Waals surface area contributed by atoms with Gasteiger partial charge in [0.05, 0.1) is 37.9 Å². The highest BCUT2D eigenvalue weighted by Crippen LogP contribution is 2.26. The van der Waals surface area contributed by atoms with E-state index in [1.165, 1.54) is 4.90 Å². The van der Waals surface area contributed by atoms with E-state index in [1.807, 2.05) is 61.5 Å². The van der Waals surface area contributed by atoms with Gasteiger partial charge in [-0.25, -0.2) is 0 Å². The van der Waals surface area contributed by atoms with Gasteiger partial charge in [-0.1, -0.05) is 72.8 Å². The molecule has 5 nitrogen and oxygen atoms in total. The Morgan fingerprint density at radius 2 is 1.39 bits per heavy atom. The molecule has 1 fully saturated rings. The molecule has 0 spiro atoms. The lowest BCUT2D eigenvalue weighted by Gasteiger charge is -2.36. The third kappa shape index (κ3) is 4.89. The van der Waals surface area contributed by atoms with E-state index >= 15 is 0 Å².